The Kier molecular flexibility index (Phi) is 6.35. The predicted molar refractivity (Wildman–Crippen MR) is 125 cm³/mol. The Morgan fingerprint density at radius 1 is 1.10 bits per heavy atom. The first-order valence-electron chi connectivity index (χ1n) is 10.3. The first kappa shape index (κ1) is 21.8. The van der Waals surface area contributed by atoms with Crippen molar-refractivity contribution in [1.82, 2.24) is 5.32 Å². The Labute approximate surface area is 195 Å². The number of ether oxygens (including phenoxy) is 1. The number of benzene rings is 2. The summed E-state index contributed by atoms with van der Waals surface area (Å²) in [6.07, 6.45) is 2.49. The van der Waals surface area contributed by atoms with Gasteiger partial charge in [-0.05, 0) is 49.2 Å². The van der Waals surface area contributed by atoms with E-state index in [1.54, 1.807) is 6.92 Å². The third-order valence-corrected chi connectivity index (χ3v) is 6.67. The van der Waals surface area contributed by atoms with Crippen LogP contribution in [0.1, 0.15) is 43.2 Å². The molecule has 160 valence electrons. The third-order valence-electron chi connectivity index (χ3n) is 5.89. The van der Waals surface area contributed by atoms with Gasteiger partial charge in [0.15, 0.2) is 0 Å². The topological polar surface area (TPSA) is 55.4 Å². The van der Waals surface area contributed by atoms with Gasteiger partial charge in [0.2, 0.25) is 0 Å². The quantitative estimate of drug-likeness (QED) is 0.532. The van der Waals surface area contributed by atoms with Crippen molar-refractivity contribution >= 4 is 39.3 Å². The molecule has 1 aliphatic heterocycles. The lowest BCUT2D eigenvalue weighted by Crippen LogP contribution is -2.41. The average Bonchev–Trinajstić information content (AvgIpc) is 2.74. The van der Waals surface area contributed by atoms with Crippen LogP contribution in [0.3, 0.4) is 0 Å². The molecule has 0 saturated heterocycles. The van der Waals surface area contributed by atoms with Gasteiger partial charge in [0.25, 0.3) is 0 Å². The van der Waals surface area contributed by atoms with E-state index >= 15 is 0 Å². The lowest BCUT2D eigenvalue weighted by atomic mass is 9.68. The van der Waals surface area contributed by atoms with Crippen LogP contribution >= 0.6 is 27.5 Å². The molecule has 0 fully saturated rings. The SMILES string of the molecule is CCOC(=O)C1=C(C)NC2=CC(c3ccc(Cl)cc3)CC(=O)C2C1c1ccc(Br)cc1. The zero-order valence-corrected chi connectivity index (χ0v) is 19.7. The zero-order chi connectivity index (χ0) is 22.1. The largest absolute Gasteiger partial charge is 0.463 e. The molecule has 1 N–H and O–H groups in total. The van der Waals surface area contributed by atoms with E-state index in [1.807, 2.05) is 55.5 Å². The number of carbonyl (C=O) groups excluding carboxylic acids is 2. The summed E-state index contributed by atoms with van der Waals surface area (Å²) in [4.78, 5) is 26.4. The number of halogens is 2. The fourth-order valence-electron chi connectivity index (χ4n) is 4.51. The lowest BCUT2D eigenvalue weighted by molar-refractivity contribution is -0.139. The number of fused-ring (bicyclic) bond motifs is 1. The van der Waals surface area contributed by atoms with Crippen LogP contribution in [0.4, 0.5) is 0 Å². The van der Waals surface area contributed by atoms with Crippen molar-refractivity contribution in [2.45, 2.75) is 32.1 Å². The lowest BCUT2D eigenvalue weighted by Gasteiger charge is -2.39. The second kappa shape index (κ2) is 9.01. The summed E-state index contributed by atoms with van der Waals surface area (Å²) >= 11 is 9.50. The molecule has 2 aliphatic rings. The fraction of sp³-hybridized carbons (Fsp3) is 0.280. The van der Waals surface area contributed by atoms with Crippen LogP contribution in [-0.2, 0) is 14.3 Å². The van der Waals surface area contributed by atoms with Crippen molar-refractivity contribution in [2.75, 3.05) is 6.61 Å². The molecule has 0 aromatic heterocycles. The van der Waals surface area contributed by atoms with Crippen molar-refractivity contribution in [3.8, 4) is 0 Å². The highest BCUT2D eigenvalue weighted by Crippen LogP contribution is 2.46. The summed E-state index contributed by atoms with van der Waals surface area (Å²) in [6, 6.07) is 15.4. The number of carbonyl (C=O) groups is 2. The number of allylic oxidation sites excluding steroid dienone is 3. The molecule has 4 rings (SSSR count). The van der Waals surface area contributed by atoms with Crippen LogP contribution in [0.5, 0.6) is 0 Å². The predicted octanol–water partition coefficient (Wildman–Crippen LogP) is 5.88. The first-order chi connectivity index (χ1) is 14.9. The van der Waals surface area contributed by atoms with Gasteiger partial charge < -0.3 is 10.1 Å². The Balaban J connectivity index is 1.81. The number of Topliss-reactive ketones (excluding diaryl/α,β-unsaturated/α-hetero) is 1. The fourth-order valence-corrected chi connectivity index (χ4v) is 4.90. The maximum Gasteiger partial charge on any atom is 0.336 e. The van der Waals surface area contributed by atoms with Crippen molar-refractivity contribution in [2.24, 2.45) is 5.92 Å². The number of ketones is 1. The molecule has 0 amide bonds. The number of rotatable bonds is 4. The minimum Gasteiger partial charge on any atom is -0.463 e. The Bertz CT molecular complexity index is 1070. The molecular formula is C25H23BrClNO3. The molecule has 2 aromatic carbocycles. The molecule has 31 heavy (non-hydrogen) atoms. The van der Waals surface area contributed by atoms with Gasteiger partial charge in [-0.2, -0.15) is 0 Å². The number of hydrogen-bond donors (Lipinski definition) is 1. The first-order valence-corrected chi connectivity index (χ1v) is 11.5. The molecule has 0 spiro atoms. The minimum absolute atomic E-state index is 0.0361. The summed E-state index contributed by atoms with van der Waals surface area (Å²) < 4.78 is 6.30. The second-order valence-electron chi connectivity index (χ2n) is 7.84. The van der Waals surface area contributed by atoms with E-state index in [9.17, 15) is 9.59 Å². The maximum absolute atomic E-state index is 13.5. The van der Waals surface area contributed by atoms with Crippen LogP contribution in [0.2, 0.25) is 5.02 Å². The summed E-state index contributed by atoms with van der Waals surface area (Å²) in [5, 5.41) is 4.01. The van der Waals surface area contributed by atoms with E-state index in [1.165, 1.54) is 0 Å². The average molecular weight is 501 g/mol. The van der Waals surface area contributed by atoms with E-state index in [0.717, 1.165) is 27.0 Å². The van der Waals surface area contributed by atoms with Crippen molar-refractivity contribution in [1.29, 1.82) is 0 Å². The highest BCUT2D eigenvalue weighted by molar-refractivity contribution is 9.10. The van der Waals surface area contributed by atoms with Crippen molar-refractivity contribution < 1.29 is 14.3 Å². The standard InChI is InChI=1S/C25H23BrClNO3/c1-3-31-25(30)22-14(2)28-20-12-17(15-6-10-19(27)11-7-15)13-21(29)24(20)23(22)16-4-8-18(26)9-5-16/h4-12,17,23-24,28H,3,13H2,1-2H3. The van der Waals surface area contributed by atoms with E-state index in [-0.39, 0.29) is 24.3 Å². The van der Waals surface area contributed by atoms with Crippen LogP contribution in [0.15, 0.2) is 76.0 Å². The van der Waals surface area contributed by atoms with Gasteiger partial charge in [0.1, 0.15) is 5.78 Å². The summed E-state index contributed by atoms with van der Waals surface area (Å²) in [7, 11) is 0. The van der Waals surface area contributed by atoms with Crippen molar-refractivity contribution in [3.63, 3.8) is 0 Å². The Morgan fingerprint density at radius 3 is 2.39 bits per heavy atom. The highest BCUT2D eigenvalue weighted by Gasteiger charge is 2.44. The summed E-state index contributed by atoms with van der Waals surface area (Å²) in [6.45, 7) is 3.93. The van der Waals surface area contributed by atoms with Gasteiger partial charge in [0.05, 0.1) is 18.1 Å². The molecule has 3 atom stereocenters. The zero-order valence-electron chi connectivity index (χ0n) is 17.3. The number of nitrogens with one attached hydrogen (secondary N) is 1. The maximum atomic E-state index is 13.5. The summed E-state index contributed by atoms with van der Waals surface area (Å²) in [5.74, 6) is -1.16. The van der Waals surface area contributed by atoms with Crippen LogP contribution in [0.25, 0.3) is 0 Å². The van der Waals surface area contributed by atoms with E-state index in [2.05, 4.69) is 27.3 Å². The molecule has 2 aromatic rings. The normalized spacial score (nSPS) is 23.0. The number of esters is 1. The van der Waals surface area contributed by atoms with E-state index < -0.39 is 11.8 Å². The molecule has 1 aliphatic carbocycles. The minimum atomic E-state index is -0.451. The Hall–Kier alpha value is -2.37. The molecule has 4 nitrogen and oxygen atoms in total. The van der Waals surface area contributed by atoms with Gasteiger partial charge >= 0.3 is 5.97 Å². The molecule has 0 bridgehead atoms. The molecular weight excluding hydrogens is 478 g/mol. The van der Waals surface area contributed by atoms with Gasteiger partial charge in [-0.1, -0.05) is 57.9 Å². The highest BCUT2D eigenvalue weighted by atomic mass is 79.9. The smallest absolute Gasteiger partial charge is 0.336 e. The monoisotopic (exact) mass is 499 g/mol. The van der Waals surface area contributed by atoms with Crippen LogP contribution < -0.4 is 5.32 Å². The van der Waals surface area contributed by atoms with Gasteiger partial charge in [-0.3, -0.25) is 4.79 Å². The molecule has 0 saturated carbocycles. The molecule has 6 heteroatoms. The third kappa shape index (κ3) is 4.35. The second-order valence-corrected chi connectivity index (χ2v) is 9.19. The number of hydrogen-bond acceptors (Lipinski definition) is 4. The van der Waals surface area contributed by atoms with E-state index in [4.69, 9.17) is 16.3 Å². The van der Waals surface area contributed by atoms with E-state index in [0.29, 0.717) is 17.0 Å². The van der Waals surface area contributed by atoms with Crippen LogP contribution in [-0.4, -0.2) is 18.4 Å². The summed E-state index contributed by atoms with van der Waals surface area (Å²) in [5.41, 5.74) is 4.04. The van der Waals surface area contributed by atoms with Gasteiger partial charge in [-0.15, -0.1) is 0 Å². The van der Waals surface area contributed by atoms with Crippen molar-refractivity contribution in [3.05, 3.63) is 92.2 Å². The van der Waals surface area contributed by atoms with Gasteiger partial charge in [0, 0.05) is 39.1 Å². The Morgan fingerprint density at radius 2 is 1.74 bits per heavy atom. The molecule has 0 radical (unpaired) electrons. The molecule has 1 heterocycles. The van der Waals surface area contributed by atoms with Crippen LogP contribution in [0, 0.1) is 5.92 Å². The molecule has 3 unspecified atom stereocenters. The van der Waals surface area contributed by atoms with Gasteiger partial charge in [-0.25, -0.2) is 4.79 Å².